The molecule has 1 amide bonds. The zero-order chi connectivity index (χ0) is 10.1. The number of carbonyl (C=O) groups excluding carboxylic acids is 1. The Morgan fingerprint density at radius 2 is 2.07 bits per heavy atom. The SMILES string of the molecule is O=C1OCCN1c1ccc(Br)c(Br)c1. The highest BCUT2D eigenvalue weighted by Crippen LogP contribution is 2.29. The molecule has 1 heterocycles. The quantitative estimate of drug-likeness (QED) is 0.795. The maximum atomic E-state index is 11.2. The Morgan fingerprint density at radius 1 is 1.29 bits per heavy atom. The van der Waals surface area contributed by atoms with Gasteiger partial charge in [0.15, 0.2) is 0 Å². The van der Waals surface area contributed by atoms with Crippen LogP contribution in [0.15, 0.2) is 27.1 Å². The largest absolute Gasteiger partial charge is 0.447 e. The minimum atomic E-state index is -0.278. The van der Waals surface area contributed by atoms with Crippen LogP contribution in [-0.4, -0.2) is 19.2 Å². The van der Waals surface area contributed by atoms with Gasteiger partial charge in [-0.2, -0.15) is 0 Å². The fourth-order valence-electron chi connectivity index (χ4n) is 1.28. The summed E-state index contributed by atoms with van der Waals surface area (Å²) in [7, 11) is 0. The monoisotopic (exact) mass is 319 g/mol. The lowest BCUT2D eigenvalue weighted by Gasteiger charge is -2.13. The van der Waals surface area contributed by atoms with Crippen molar-refractivity contribution in [2.45, 2.75) is 0 Å². The number of carbonyl (C=O) groups is 1. The Morgan fingerprint density at radius 3 is 2.64 bits per heavy atom. The van der Waals surface area contributed by atoms with Crippen molar-refractivity contribution in [3.63, 3.8) is 0 Å². The van der Waals surface area contributed by atoms with Crippen LogP contribution in [0.3, 0.4) is 0 Å². The van der Waals surface area contributed by atoms with Crippen LogP contribution in [0.4, 0.5) is 10.5 Å². The Balaban J connectivity index is 2.32. The maximum absolute atomic E-state index is 11.2. The van der Waals surface area contributed by atoms with E-state index in [9.17, 15) is 4.79 Å². The van der Waals surface area contributed by atoms with E-state index in [2.05, 4.69) is 31.9 Å². The van der Waals surface area contributed by atoms with Crippen molar-refractivity contribution in [1.29, 1.82) is 0 Å². The van der Waals surface area contributed by atoms with Gasteiger partial charge in [0.25, 0.3) is 0 Å². The molecule has 1 aromatic rings. The number of hydrogen-bond donors (Lipinski definition) is 0. The minimum Gasteiger partial charge on any atom is -0.447 e. The molecule has 0 radical (unpaired) electrons. The second-order valence-corrected chi connectivity index (χ2v) is 4.57. The standard InChI is InChI=1S/C9H7Br2NO2/c10-7-2-1-6(5-8(7)11)12-3-4-14-9(12)13/h1-2,5H,3-4H2. The average Bonchev–Trinajstić information content (AvgIpc) is 2.57. The first kappa shape index (κ1) is 9.98. The maximum Gasteiger partial charge on any atom is 0.414 e. The third-order valence-corrected chi connectivity index (χ3v) is 3.86. The van der Waals surface area contributed by atoms with Crippen molar-refractivity contribution >= 4 is 43.6 Å². The molecule has 3 nitrogen and oxygen atoms in total. The van der Waals surface area contributed by atoms with Gasteiger partial charge in [0, 0.05) is 14.6 Å². The van der Waals surface area contributed by atoms with Gasteiger partial charge in [-0.05, 0) is 50.1 Å². The normalized spacial score (nSPS) is 15.9. The van der Waals surface area contributed by atoms with E-state index >= 15 is 0 Å². The molecule has 0 N–H and O–H groups in total. The van der Waals surface area contributed by atoms with Crippen LogP contribution in [-0.2, 0) is 4.74 Å². The van der Waals surface area contributed by atoms with E-state index in [0.717, 1.165) is 14.6 Å². The van der Waals surface area contributed by atoms with Crippen molar-refractivity contribution in [2.24, 2.45) is 0 Å². The van der Waals surface area contributed by atoms with Crippen LogP contribution < -0.4 is 4.90 Å². The highest BCUT2D eigenvalue weighted by atomic mass is 79.9. The van der Waals surface area contributed by atoms with E-state index < -0.39 is 0 Å². The number of amides is 1. The first-order valence-electron chi connectivity index (χ1n) is 4.08. The molecule has 0 aliphatic carbocycles. The fourth-order valence-corrected chi connectivity index (χ4v) is 1.89. The van der Waals surface area contributed by atoms with Crippen LogP contribution >= 0.6 is 31.9 Å². The average molecular weight is 321 g/mol. The summed E-state index contributed by atoms with van der Waals surface area (Å²) in [4.78, 5) is 12.9. The van der Waals surface area contributed by atoms with Crippen molar-refractivity contribution < 1.29 is 9.53 Å². The molecule has 0 bridgehead atoms. The lowest BCUT2D eigenvalue weighted by Crippen LogP contribution is -2.23. The molecule has 0 aromatic heterocycles. The van der Waals surface area contributed by atoms with Gasteiger partial charge in [0.1, 0.15) is 6.61 Å². The predicted octanol–water partition coefficient (Wildman–Crippen LogP) is 3.17. The number of cyclic esters (lactones) is 1. The first-order valence-corrected chi connectivity index (χ1v) is 5.66. The number of ether oxygens (including phenoxy) is 1. The van der Waals surface area contributed by atoms with Gasteiger partial charge in [-0.1, -0.05) is 0 Å². The summed E-state index contributed by atoms with van der Waals surface area (Å²) < 4.78 is 6.74. The zero-order valence-corrected chi connectivity index (χ0v) is 10.3. The minimum absolute atomic E-state index is 0.278. The van der Waals surface area contributed by atoms with Gasteiger partial charge >= 0.3 is 6.09 Å². The Bertz CT molecular complexity index is 381. The molecule has 1 saturated heterocycles. The predicted molar refractivity (Wildman–Crippen MR) is 60.5 cm³/mol. The molecule has 0 unspecified atom stereocenters. The van der Waals surface area contributed by atoms with E-state index in [4.69, 9.17) is 4.74 Å². The van der Waals surface area contributed by atoms with E-state index in [-0.39, 0.29) is 6.09 Å². The molecule has 1 aliphatic rings. The number of rotatable bonds is 1. The van der Waals surface area contributed by atoms with Crippen LogP contribution in [0.2, 0.25) is 0 Å². The summed E-state index contributed by atoms with van der Waals surface area (Å²) in [6.45, 7) is 1.08. The molecule has 5 heteroatoms. The summed E-state index contributed by atoms with van der Waals surface area (Å²) in [6, 6.07) is 5.66. The summed E-state index contributed by atoms with van der Waals surface area (Å²) in [5, 5.41) is 0. The Hall–Kier alpha value is -0.550. The number of hydrogen-bond acceptors (Lipinski definition) is 2. The van der Waals surface area contributed by atoms with E-state index in [1.165, 1.54) is 0 Å². The van der Waals surface area contributed by atoms with Gasteiger partial charge in [0.2, 0.25) is 0 Å². The number of nitrogens with zero attached hydrogens (tertiary/aromatic N) is 1. The second kappa shape index (κ2) is 3.90. The lowest BCUT2D eigenvalue weighted by atomic mass is 10.3. The summed E-state index contributed by atoms with van der Waals surface area (Å²) in [5.41, 5.74) is 0.850. The number of anilines is 1. The van der Waals surface area contributed by atoms with Gasteiger partial charge in [-0.15, -0.1) is 0 Å². The van der Waals surface area contributed by atoms with Crippen LogP contribution in [0.25, 0.3) is 0 Å². The lowest BCUT2D eigenvalue weighted by molar-refractivity contribution is 0.181. The molecule has 14 heavy (non-hydrogen) atoms. The van der Waals surface area contributed by atoms with E-state index in [0.29, 0.717) is 13.2 Å². The van der Waals surface area contributed by atoms with Gasteiger partial charge < -0.3 is 4.74 Å². The van der Waals surface area contributed by atoms with Crippen molar-refractivity contribution in [3.8, 4) is 0 Å². The summed E-state index contributed by atoms with van der Waals surface area (Å²) in [5.74, 6) is 0. The van der Waals surface area contributed by atoms with Crippen molar-refractivity contribution in [3.05, 3.63) is 27.1 Å². The molecule has 1 fully saturated rings. The molecular formula is C9H7Br2NO2. The third-order valence-electron chi connectivity index (χ3n) is 1.98. The van der Waals surface area contributed by atoms with E-state index in [1.807, 2.05) is 18.2 Å². The number of halogens is 2. The van der Waals surface area contributed by atoms with Crippen LogP contribution in [0.5, 0.6) is 0 Å². The summed E-state index contributed by atoms with van der Waals surface area (Å²) in [6.07, 6.45) is -0.278. The van der Waals surface area contributed by atoms with Gasteiger partial charge in [0.05, 0.1) is 6.54 Å². The molecule has 0 saturated carbocycles. The van der Waals surface area contributed by atoms with Crippen molar-refractivity contribution in [1.82, 2.24) is 0 Å². The molecule has 2 rings (SSSR count). The molecule has 1 aromatic carbocycles. The molecule has 0 atom stereocenters. The molecule has 74 valence electrons. The Kier molecular flexibility index (Phi) is 2.78. The third kappa shape index (κ3) is 1.79. The fraction of sp³-hybridized carbons (Fsp3) is 0.222. The van der Waals surface area contributed by atoms with Crippen LogP contribution in [0.1, 0.15) is 0 Å². The topological polar surface area (TPSA) is 29.5 Å². The van der Waals surface area contributed by atoms with Crippen molar-refractivity contribution in [2.75, 3.05) is 18.1 Å². The molecular weight excluding hydrogens is 314 g/mol. The zero-order valence-electron chi connectivity index (χ0n) is 7.17. The van der Waals surface area contributed by atoms with Crippen LogP contribution in [0, 0.1) is 0 Å². The molecule has 1 aliphatic heterocycles. The van der Waals surface area contributed by atoms with Gasteiger partial charge in [-0.25, -0.2) is 4.79 Å². The van der Waals surface area contributed by atoms with Gasteiger partial charge in [-0.3, -0.25) is 4.90 Å². The molecule has 0 spiro atoms. The second-order valence-electron chi connectivity index (χ2n) is 2.86. The number of benzene rings is 1. The first-order chi connectivity index (χ1) is 6.68. The smallest absolute Gasteiger partial charge is 0.414 e. The Labute approximate surface area is 98.3 Å². The van der Waals surface area contributed by atoms with E-state index in [1.54, 1.807) is 4.90 Å². The highest BCUT2D eigenvalue weighted by molar-refractivity contribution is 9.13. The summed E-state index contributed by atoms with van der Waals surface area (Å²) >= 11 is 6.76. The highest BCUT2D eigenvalue weighted by Gasteiger charge is 2.23.